The Bertz CT molecular complexity index is 258. The molecule has 0 unspecified atom stereocenters. The normalized spacial score (nSPS) is 13.6. The van der Waals surface area contributed by atoms with E-state index < -0.39 is 6.83 Å². The number of hydrogen-bond acceptors (Lipinski definition) is 2. The van der Waals surface area contributed by atoms with Crippen LogP contribution in [0.3, 0.4) is 0 Å². The molecule has 0 amide bonds. The van der Waals surface area contributed by atoms with Crippen molar-refractivity contribution < 1.29 is 9.32 Å². The quantitative estimate of drug-likeness (QED) is 0.335. The molecule has 0 aromatic rings. The Morgan fingerprint density at radius 1 is 0.682 bits per heavy atom. The van der Waals surface area contributed by atoms with E-state index in [1.165, 1.54) is 76.0 Å². The summed E-state index contributed by atoms with van der Waals surface area (Å²) in [6.07, 6.45) is 14.9. The van der Waals surface area contributed by atoms with E-state index in [0.29, 0.717) is 6.42 Å². The number of rotatable bonds is 14. The second-order valence-corrected chi connectivity index (χ2v) is 12.7. The van der Waals surface area contributed by atoms with Crippen molar-refractivity contribution in [3.8, 4) is 0 Å². The SMILES string of the molecule is CCCCP(CCCC)(CCCC)(CCCC)OC(=O)CC. The van der Waals surface area contributed by atoms with Crippen LogP contribution >= 0.6 is 6.83 Å². The molecular formula is C19H41O2P. The van der Waals surface area contributed by atoms with Crippen molar-refractivity contribution in [1.82, 2.24) is 0 Å². The molecule has 22 heavy (non-hydrogen) atoms. The molecular weight excluding hydrogens is 291 g/mol. The van der Waals surface area contributed by atoms with E-state index in [4.69, 9.17) is 4.52 Å². The molecule has 0 heterocycles. The van der Waals surface area contributed by atoms with E-state index >= 15 is 0 Å². The molecule has 3 heteroatoms. The third-order valence-electron chi connectivity index (χ3n) is 4.96. The van der Waals surface area contributed by atoms with Gasteiger partial charge in [0.15, 0.2) is 0 Å². The molecule has 0 aromatic carbocycles. The molecule has 0 saturated heterocycles. The van der Waals surface area contributed by atoms with Gasteiger partial charge in [-0.25, -0.2) is 0 Å². The fourth-order valence-corrected chi connectivity index (χ4v) is 10.3. The molecule has 0 radical (unpaired) electrons. The van der Waals surface area contributed by atoms with Gasteiger partial charge in [0, 0.05) is 0 Å². The summed E-state index contributed by atoms with van der Waals surface area (Å²) in [5.74, 6) is 0.0529. The van der Waals surface area contributed by atoms with Crippen LogP contribution in [0.2, 0.25) is 0 Å². The van der Waals surface area contributed by atoms with Crippen LogP contribution in [0.15, 0.2) is 0 Å². The van der Waals surface area contributed by atoms with Crippen LogP contribution in [0.1, 0.15) is 92.4 Å². The van der Waals surface area contributed by atoms with Gasteiger partial charge in [-0.1, -0.05) is 0 Å². The second-order valence-electron chi connectivity index (χ2n) is 6.98. The van der Waals surface area contributed by atoms with Crippen molar-refractivity contribution in [2.75, 3.05) is 24.6 Å². The molecule has 0 aliphatic carbocycles. The predicted octanol–water partition coefficient (Wildman–Crippen LogP) is 6.61. The second kappa shape index (κ2) is 11.4. The maximum absolute atomic E-state index is 12.3. The fraction of sp³-hybridized carbons (Fsp3) is 0.947. The van der Waals surface area contributed by atoms with E-state index in [1.54, 1.807) is 0 Å². The monoisotopic (exact) mass is 332 g/mol. The van der Waals surface area contributed by atoms with Crippen LogP contribution in [0, 0.1) is 0 Å². The van der Waals surface area contributed by atoms with E-state index in [0.717, 1.165) is 0 Å². The molecule has 0 saturated carbocycles. The average molecular weight is 333 g/mol. The maximum atomic E-state index is 12.3. The zero-order chi connectivity index (χ0) is 16.9. The molecule has 0 fully saturated rings. The summed E-state index contributed by atoms with van der Waals surface area (Å²) in [5, 5.41) is 0. The molecule has 0 bridgehead atoms. The number of carbonyl (C=O) groups is 1. The van der Waals surface area contributed by atoms with Crippen molar-refractivity contribution in [1.29, 1.82) is 0 Å². The van der Waals surface area contributed by atoms with Crippen molar-refractivity contribution in [2.24, 2.45) is 0 Å². The van der Waals surface area contributed by atoms with Gasteiger partial charge >= 0.3 is 139 Å². The van der Waals surface area contributed by atoms with Crippen LogP contribution in [-0.2, 0) is 9.32 Å². The standard InChI is InChI=1S/C19H41O2P/c1-6-11-15-22(16-12-7-2,17-13-8-3,18-14-9-4)21-19(20)10-5/h6-18H2,1-5H3. The van der Waals surface area contributed by atoms with E-state index in [2.05, 4.69) is 27.7 Å². The Hall–Kier alpha value is -0.100. The first-order valence-corrected chi connectivity index (χ1v) is 12.6. The van der Waals surface area contributed by atoms with Gasteiger partial charge in [-0.2, -0.15) is 0 Å². The van der Waals surface area contributed by atoms with Gasteiger partial charge < -0.3 is 0 Å². The van der Waals surface area contributed by atoms with Crippen molar-refractivity contribution >= 4 is 12.8 Å². The minimum atomic E-state index is -2.35. The Balaban J connectivity index is 5.59. The minimum absolute atomic E-state index is 0.0529. The molecule has 0 N–H and O–H groups in total. The number of unbranched alkanes of at least 4 members (excludes halogenated alkanes) is 4. The summed E-state index contributed by atoms with van der Waals surface area (Å²) in [4.78, 5) is 12.3. The zero-order valence-corrected chi connectivity index (χ0v) is 16.9. The van der Waals surface area contributed by atoms with Crippen LogP contribution in [0.4, 0.5) is 0 Å². The van der Waals surface area contributed by atoms with Gasteiger partial charge in [-0.15, -0.1) is 0 Å². The molecule has 0 aromatic heterocycles. The van der Waals surface area contributed by atoms with Crippen LogP contribution < -0.4 is 0 Å². The van der Waals surface area contributed by atoms with Crippen LogP contribution in [0.25, 0.3) is 0 Å². The van der Waals surface area contributed by atoms with E-state index in [9.17, 15) is 4.79 Å². The van der Waals surface area contributed by atoms with Crippen molar-refractivity contribution in [3.05, 3.63) is 0 Å². The number of hydrogen-bond donors (Lipinski definition) is 0. The summed E-state index contributed by atoms with van der Waals surface area (Å²) < 4.78 is 6.47. The summed E-state index contributed by atoms with van der Waals surface area (Å²) in [6, 6.07) is 0. The third kappa shape index (κ3) is 6.99. The van der Waals surface area contributed by atoms with Crippen LogP contribution in [-0.4, -0.2) is 30.6 Å². The Kier molecular flexibility index (Phi) is 11.4. The van der Waals surface area contributed by atoms with Crippen molar-refractivity contribution in [3.63, 3.8) is 0 Å². The Labute approximate surface area is 139 Å². The Morgan fingerprint density at radius 2 is 1.00 bits per heavy atom. The van der Waals surface area contributed by atoms with Gasteiger partial charge in [-0.05, 0) is 0 Å². The average Bonchev–Trinajstić information content (AvgIpc) is 2.55. The molecule has 0 spiro atoms. The first kappa shape index (κ1) is 21.9. The molecule has 2 nitrogen and oxygen atoms in total. The molecule has 0 aliphatic heterocycles. The molecule has 134 valence electrons. The molecule has 0 atom stereocenters. The fourth-order valence-electron chi connectivity index (χ4n) is 3.44. The summed E-state index contributed by atoms with van der Waals surface area (Å²) in [7, 11) is 0. The summed E-state index contributed by atoms with van der Waals surface area (Å²) in [5.41, 5.74) is 0. The zero-order valence-electron chi connectivity index (χ0n) is 16.0. The third-order valence-corrected chi connectivity index (χ3v) is 11.5. The number of carbonyl (C=O) groups excluding carboxylic acids is 1. The predicted molar refractivity (Wildman–Crippen MR) is 102 cm³/mol. The van der Waals surface area contributed by atoms with Crippen LogP contribution in [0.5, 0.6) is 0 Å². The van der Waals surface area contributed by atoms with Gasteiger partial charge in [0.1, 0.15) is 0 Å². The first-order valence-electron chi connectivity index (χ1n) is 9.74. The van der Waals surface area contributed by atoms with Crippen molar-refractivity contribution in [2.45, 2.75) is 92.4 Å². The summed E-state index contributed by atoms with van der Waals surface area (Å²) in [6.45, 7) is 8.61. The molecule has 0 rings (SSSR count). The molecule has 0 aliphatic rings. The van der Waals surface area contributed by atoms with E-state index in [1.807, 2.05) is 6.92 Å². The van der Waals surface area contributed by atoms with Gasteiger partial charge in [-0.3, -0.25) is 0 Å². The van der Waals surface area contributed by atoms with Gasteiger partial charge in [0.05, 0.1) is 0 Å². The van der Waals surface area contributed by atoms with Gasteiger partial charge in [0.25, 0.3) is 0 Å². The van der Waals surface area contributed by atoms with Gasteiger partial charge in [0.2, 0.25) is 0 Å². The topological polar surface area (TPSA) is 26.3 Å². The summed E-state index contributed by atoms with van der Waals surface area (Å²) >= 11 is 0. The first-order chi connectivity index (χ1) is 10.5. The Morgan fingerprint density at radius 3 is 1.23 bits per heavy atom. The van der Waals surface area contributed by atoms with E-state index in [-0.39, 0.29) is 5.97 Å².